The quantitative estimate of drug-likeness (QED) is 0.101. The van der Waals surface area contributed by atoms with E-state index in [2.05, 4.69) is 146 Å². The number of rotatable bonds is 5. The molecule has 0 saturated heterocycles. The van der Waals surface area contributed by atoms with Crippen molar-refractivity contribution < 1.29 is 0 Å². The lowest BCUT2D eigenvalue weighted by Gasteiger charge is -2.21. The largest absolute Gasteiger partial charge is 0.254 e. The second-order valence-electron chi connectivity index (χ2n) is 14.6. The molecule has 0 radical (unpaired) electrons. The molecule has 3 heterocycles. The Morgan fingerprint density at radius 2 is 1.21 bits per heavy atom. The highest BCUT2D eigenvalue weighted by atomic mass is 14.7. The third kappa shape index (κ3) is 4.94. The lowest BCUT2D eigenvalue weighted by molar-refractivity contribution is 0.982. The van der Waals surface area contributed by atoms with E-state index >= 15 is 0 Å². The number of allylic oxidation sites excluding steroid dienone is 3. The molecule has 1 aliphatic carbocycles. The van der Waals surface area contributed by atoms with Crippen LogP contribution in [0.2, 0.25) is 0 Å². The minimum atomic E-state index is 0.919. The maximum absolute atomic E-state index is 5.60. The first-order valence-corrected chi connectivity index (χ1v) is 19.3. The van der Waals surface area contributed by atoms with Crippen molar-refractivity contribution in [2.75, 3.05) is 0 Å². The molecule has 11 rings (SSSR count). The van der Waals surface area contributed by atoms with Crippen LogP contribution in [-0.4, -0.2) is 15.0 Å². The summed E-state index contributed by atoms with van der Waals surface area (Å²) in [7, 11) is 0. The van der Waals surface area contributed by atoms with Crippen LogP contribution in [0.3, 0.4) is 0 Å². The first kappa shape index (κ1) is 32.2. The normalized spacial score (nSPS) is 12.8. The molecule has 1 aliphatic rings. The summed E-state index contributed by atoms with van der Waals surface area (Å²) in [4.78, 5) is 15.2. The van der Waals surface area contributed by atoms with Gasteiger partial charge in [-0.2, -0.15) is 0 Å². The van der Waals surface area contributed by atoms with Crippen LogP contribution in [0.25, 0.3) is 111 Å². The Balaban J connectivity index is 1.19. The van der Waals surface area contributed by atoms with E-state index in [0.29, 0.717) is 0 Å². The summed E-state index contributed by atoms with van der Waals surface area (Å²) in [6.07, 6.45) is 16.3. The van der Waals surface area contributed by atoms with Crippen LogP contribution in [0.5, 0.6) is 0 Å². The average Bonchev–Trinajstić information content (AvgIpc) is 3.26. The molecule has 3 heteroatoms. The van der Waals surface area contributed by atoms with Gasteiger partial charge in [-0.1, -0.05) is 140 Å². The first-order chi connectivity index (χ1) is 27.8. The molecule has 56 heavy (non-hydrogen) atoms. The molecule has 0 atom stereocenters. The van der Waals surface area contributed by atoms with Gasteiger partial charge in [-0.05, 0) is 109 Å². The number of nitrogens with zero attached hydrogens (tertiary/aromatic N) is 3. The van der Waals surface area contributed by atoms with Crippen LogP contribution in [0.4, 0.5) is 0 Å². The summed E-state index contributed by atoms with van der Waals surface area (Å²) < 4.78 is 0. The van der Waals surface area contributed by atoms with Crippen molar-refractivity contribution in [1.82, 2.24) is 15.0 Å². The summed E-state index contributed by atoms with van der Waals surface area (Å²) in [5.74, 6) is 0. The van der Waals surface area contributed by atoms with Gasteiger partial charge in [-0.3, -0.25) is 9.97 Å². The zero-order valence-corrected chi connectivity index (χ0v) is 30.7. The van der Waals surface area contributed by atoms with Crippen LogP contribution in [0.1, 0.15) is 23.1 Å². The minimum absolute atomic E-state index is 0.919. The maximum Gasteiger partial charge on any atom is 0.0970 e. The smallest absolute Gasteiger partial charge is 0.0970 e. The monoisotopic (exact) mass is 713 g/mol. The minimum Gasteiger partial charge on any atom is -0.254 e. The van der Waals surface area contributed by atoms with Gasteiger partial charge in [0.05, 0.1) is 22.2 Å². The lowest BCUT2D eigenvalue weighted by Crippen LogP contribution is -2.03. The van der Waals surface area contributed by atoms with Crippen molar-refractivity contribution >= 4 is 77.2 Å². The van der Waals surface area contributed by atoms with Gasteiger partial charge in [-0.15, -0.1) is 0 Å². The third-order valence-corrected chi connectivity index (χ3v) is 11.5. The SMILES string of the molecule is C=C/C=C\c1cc2ccccc2c2c3c(c(-c4cccc(-c5c6ccccc6c(-c6cc7cccnc7c7ncccc67)c6ccccc56)c4)nc12)CCC=C3. The summed E-state index contributed by atoms with van der Waals surface area (Å²) in [6, 6.07) is 48.4. The molecule has 0 unspecified atom stereocenters. The Hall–Kier alpha value is -7.23. The van der Waals surface area contributed by atoms with Crippen molar-refractivity contribution in [3.05, 3.63) is 187 Å². The topological polar surface area (TPSA) is 38.7 Å². The Kier molecular flexibility index (Phi) is 7.46. The highest BCUT2D eigenvalue weighted by molar-refractivity contribution is 6.25. The van der Waals surface area contributed by atoms with Gasteiger partial charge in [0.25, 0.3) is 0 Å². The molecule has 3 aromatic heterocycles. The summed E-state index contributed by atoms with van der Waals surface area (Å²) in [5.41, 5.74) is 13.5. The summed E-state index contributed by atoms with van der Waals surface area (Å²) in [6.45, 7) is 3.96. The number of hydrogen-bond donors (Lipinski definition) is 0. The van der Waals surface area contributed by atoms with Gasteiger partial charge in [0.2, 0.25) is 0 Å². The Bertz CT molecular complexity index is 3280. The van der Waals surface area contributed by atoms with E-state index in [0.717, 1.165) is 62.5 Å². The number of fused-ring (bicyclic) bond motifs is 10. The molecule has 0 aliphatic heterocycles. The fourth-order valence-electron chi connectivity index (χ4n) is 9.15. The van der Waals surface area contributed by atoms with E-state index in [4.69, 9.17) is 15.0 Å². The molecular formula is C53H35N3. The molecule has 3 nitrogen and oxygen atoms in total. The van der Waals surface area contributed by atoms with Crippen LogP contribution in [-0.2, 0) is 6.42 Å². The zero-order chi connectivity index (χ0) is 37.2. The van der Waals surface area contributed by atoms with Crippen LogP contribution in [0, 0.1) is 0 Å². The van der Waals surface area contributed by atoms with Crippen molar-refractivity contribution in [3.63, 3.8) is 0 Å². The van der Waals surface area contributed by atoms with Gasteiger partial charge < -0.3 is 0 Å². The van der Waals surface area contributed by atoms with E-state index in [1.165, 1.54) is 65.5 Å². The number of aromatic nitrogens is 3. The van der Waals surface area contributed by atoms with Gasteiger partial charge >= 0.3 is 0 Å². The molecular weight excluding hydrogens is 679 g/mol. The lowest BCUT2D eigenvalue weighted by atomic mass is 9.83. The van der Waals surface area contributed by atoms with Crippen LogP contribution < -0.4 is 0 Å². The van der Waals surface area contributed by atoms with Gasteiger partial charge in [-0.25, -0.2) is 4.98 Å². The highest BCUT2D eigenvalue weighted by Gasteiger charge is 2.23. The Morgan fingerprint density at radius 1 is 0.554 bits per heavy atom. The van der Waals surface area contributed by atoms with E-state index < -0.39 is 0 Å². The van der Waals surface area contributed by atoms with Crippen molar-refractivity contribution in [2.45, 2.75) is 12.8 Å². The highest BCUT2D eigenvalue weighted by Crippen LogP contribution is 2.47. The summed E-state index contributed by atoms with van der Waals surface area (Å²) in [5, 5.41) is 10.7. The fourth-order valence-corrected chi connectivity index (χ4v) is 9.15. The van der Waals surface area contributed by atoms with Gasteiger partial charge in [0, 0.05) is 39.7 Å². The molecule has 0 fully saturated rings. The van der Waals surface area contributed by atoms with E-state index in [1.54, 1.807) is 0 Å². The van der Waals surface area contributed by atoms with Gasteiger partial charge in [0.1, 0.15) is 0 Å². The van der Waals surface area contributed by atoms with E-state index in [1.807, 2.05) is 36.7 Å². The van der Waals surface area contributed by atoms with E-state index in [9.17, 15) is 0 Å². The standard InChI is InChI=1S/C53H35N3/c1-2-3-15-36-30-33-16-4-5-20-38(33)49-43-25-10-11-26-44(43)50(56-51(36)49)35-18-12-17-34(31-35)47-39-21-6-8-23-41(39)48(42-24-9-7-22-40(42)47)46-32-37-19-13-28-54-52(37)53-45(46)27-14-29-55-53/h2-10,12-25,27-32H,1,11,26H2/b15-3-. The number of pyridine rings is 3. The molecule has 0 spiro atoms. The molecule has 0 N–H and O–H groups in total. The van der Waals surface area contributed by atoms with Crippen molar-refractivity contribution in [3.8, 4) is 33.5 Å². The summed E-state index contributed by atoms with van der Waals surface area (Å²) >= 11 is 0. The van der Waals surface area contributed by atoms with E-state index in [-0.39, 0.29) is 0 Å². The predicted octanol–water partition coefficient (Wildman–Crippen LogP) is 14.0. The Morgan fingerprint density at radius 3 is 2.00 bits per heavy atom. The fraction of sp³-hybridized carbons (Fsp3) is 0.0377. The zero-order valence-electron chi connectivity index (χ0n) is 30.7. The second-order valence-corrected chi connectivity index (χ2v) is 14.6. The molecule has 0 bridgehead atoms. The predicted molar refractivity (Wildman–Crippen MR) is 238 cm³/mol. The second kappa shape index (κ2) is 13.0. The third-order valence-electron chi connectivity index (χ3n) is 11.5. The van der Waals surface area contributed by atoms with Crippen LogP contribution in [0.15, 0.2) is 171 Å². The average molecular weight is 714 g/mol. The molecule has 0 saturated carbocycles. The number of hydrogen-bond acceptors (Lipinski definition) is 3. The first-order valence-electron chi connectivity index (χ1n) is 19.3. The van der Waals surface area contributed by atoms with Gasteiger partial charge in [0.15, 0.2) is 0 Å². The maximum atomic E-state index is 5.60. The molecule has 7 aromatic carbocycles. The molecule has 10 aromatic rings. The van der Waals surface area contributed by atoms with Crippen LogP contribution >= 0.6 is 0 Å². The van der Waals surface area contributed by atoms with Crippen molar-refractivity contribution in [2.24, 2.45) is 0 Å². The number of benzene rings is 7. The molecule has 0 amide bonds. The van der Waals surface area contributed by atoms with Crippen molar-refractivity contribution in [1.29, 1.82) is 0 Å². The molecule has 262 valence electrons. The Labute approximate surface area is 324 Å².